The van der Waals surface area contributed by atoms with Crippen LogP contribution in [0.25, 0.3) is 0 Å². The maximum absolute atomic E-state index is 13.5. The SMILES string of the molecule is O=C(NC1CCC(O)CC1)[C@H]1CCCN(S(=O)(=O)c2ccccc2OC2=CC=CCC2)C1. The van der Waals surface area contributed by atoms with Gasteiger partial charge >= 0.3 is 0 Å². The molecule has 1 saturated carbocycles. The molecule has 1 atom stereocenters. The van der Waals surface area contributed by atoms with E-state index in [1.807, 2.05) is 18.2 Å². The minimum atomic E-state index is -3.80. The number of allylic oxidation sites excluding steroid dienone is 4. The van der Waals surface area contributed by atoms with Gasteiger partial charge in [0, 0.05) is 25.6 Å². The van der Waals surface area contributed by atoms with Gasteiger partial charge in [0.2, 0.25) is 15.9 Å². The lowest BCUT2D eigenvalue weighted by Crippen LogP contribution is -2.48. The van der Waals surface area contributed by atoms with E-state index in [0.717, 1.165) is 31.4 Å². The van der Waals surface area contributed by atoms with Crippen LogP contribution in [0, 0.1) is 5.92 Å². The monoisotopic (exact) mass is 460 g/mol. The number of benzene rings is 1. The Hall–Kier alpha value is -2.16. The molecule has 1 aromatic rings. The number of carbonyl (C=O) groups excluding carboxylic acids is 1. The quantitative estimate of drug-likeness (QED) is 0.680. The van der Waals surface area contributed by atoms with Crippen molar-refractivity contribution in [1.29, 1.82) is 0 Å². The molecule has 2 fully saturated rings. The molecule has 8 heteroatoms. The van der Waals surface area contributed by atoms with Gasteiger partial charge in [-0.3, -0.25) is 4.79 Å². The van der Waals surface area contributed by atoms with Gasteiger partial charge in [0.15, 0.2) is 0 Å². The lowest BCUT2D eigenvalue weighted by atomic mass is 9.92. The van der Waals surface area contributed by atoms with Crippen molar-refractivity contribution in [2.75, 3.05) is 13.1 Å². The minimum absolute atomic E-state index is 0.0600. The molecule has 4 rings (SSSR count). The predicted octanol–water partition coefficient (Wildman–Crippen LogP) is 3.12. The van der Waals surface area contributed by atoms with Gasteiger partial charge in [-0.15, -0.1) is 0 Å². The molecule has 1 heterocycles. The van der Waals surface area contributed by atoms with Crippen LogP contribution in [0.3, 0.4) is 0 Å². The molecule has 1 amide bonds. The van der Waals surface area contributed by atoms with Gasteiger partial charge < -0.3 is 15.2 Å². The second-order valence-electron chi connectivity index (χ2n) is 8.86. The van der Waals surface area contributed by atoms with Gasteiger partial charge in [-0.1, -0.05) is 24.3 Å². The molecule has 2 aliphatic carbocycles. The van der Waals surface area contributed by atoms with E-state index < -0.39 is 10.0 Å². The normalized spacial score (nSPS) is 26.9. The highest BCUT2D eigenvalue weighted by Crippen LogP contribution is 2.32. The van der Waals surface area contributed by atoms with Gasteiger partial charge in [0.05, 0.1) is 12.0 Å². The maximum Gasteiger partial charge on any atom is 0.246 e. The lowest BCUT2D eigenvalue weighted by molar-refractivity contribution is -0.127. The molecule has 1 aromatic carbocycles. The van der Waals surface area contributed by atoms with Gasteiger partial charge in [-0.2, -0.15) is 4.31 Å². The third kappa shape index (κ3) is 5.42. The van der Waals surface area contributed by atoms with Crippen LogP contribution in [0.4, 0.5) is 0 Å². The van der Waals surface area contributed by atoms with Crippen LogP contribution < -0.4 is 10.1 Å². The number of nitrogens with zero attached hydrogens (tertiary/aromatic N) is 1. The summed E-state index contributed by atoms with van der Waals surface area (Å²) in [7, 11) is -3.80. The summed E-state index contributed by atoms with van der Waals surface area (Å²) in [4.78, 5) is 13.0. The number of hydrogen-bond acceptors (Lipinski definition) is 5. The van der Waals surface area contributed by atoms with Crippen molar-refractivity contribution in [3.05, 3.63) is 48.3 Å². The number of nitrogens with one attached hydrogen (secondary N) is 1. The molecule has 0 unspecified atom stereocenters. The Morgan fingerprint density at radius 1 is 1.12 bits per heavy atom. The molecule has 1 aliphatic heterocycles. The highest BCUT2D eigenvalue weighted by molar-refractivity contribution is 7.89. The Balaban J connectivity index is 1.45. The first-order valence-corrected chi connectivity index (χ1v) is 13.0. The van der Waals surface area contributed by atoms with E-state index in [-0.39, 0.29) is 35.4 Å². The van der Waals surface area contributed by atoms with Crippen LogP contribution >= 0.6 is 0 Å². The van der Waals surface area contributed by atoms with Crippen LogP contribution in [0.15, 0.2) is 53.1 Å². The van der Waals surface area contributed by atoms with E-state index in [9.17, 15) is 18.3 Å². The molecule has 0 bridgehead atoms. The van der Waals surface area contributed by atoms with Crippen LogP contribution in [-0.4, -0.2) is 49.0 Å². The van der Waals surface area contributed by atoms with E-state index in [0.29, 0.717) is 38.0 Å². The van der Waals surface area contributed by atoms with Gasteiger partial charge in [0.25, 0.3) is 0 Å². The number of aliphatic hydroxyl groups is 1. The first kappa shape index (κ1) is 23.0. The summed E-state index contributed by atoms with van der Waals surface area (Å²) < 4.78 is 34.4. The number of piperidine rings is 1. The molecule has 0 aromatic heterocycles. The summed E-state index contributed by atoms with van der Waals surface area (Å²) in [5, 5.41) is 12.7. The summed E-state index contributed by atoms with van der Waals surface area (Å²) in [6.07, 6.45) is 11.4. The summed E-state index contributed by atoms with van der Waals surface area (Å²) in [5.74, 6) is 0.602. The number of para-hydroxylation sites is 1. The number of sulfonamides is 1. The Morgan fingerprint density at radius 2 is 1.91 bits per heavy atom. The molecule has 32 heavy (non-hydrogen) atoms. The first-order valence-electron chi connectivity index (χ1n) is 11.5. The minimum Gasteiger partial charge on any atom is -0.460 e. The summed E-state index contributed by atoms with van der Waals surface area (Å²) in [6, 6.07) is 6.77. The molecular weight excluding hydrogens is 428 g/mol. The van der Waals surface area contributed by atoms with Gasteiger partial charge in [0.1, 0.15) is 16.4 Å². The molecule has 0 spiro atoms. The van der Waals surface area contributed by atoms with Crippen LogP contribution in [0.1, 0.15) is 51.4 Å². The van der Waals surface area contributed by atoms with E-state index in [1.54, 1.807) is 24.3 Å². The average molecular weight is 461 g/mol. The number of hydrogen-bond donors (Lipinski definition) is 2. The molecule has 0 radical (unpaired) electrons. The van der Waals surface area contributed by atoms with Gasteiger partial charge in [-0.25, -0.2) is 8.42 Å². The van der Waals surface area contributed by atoms with E-state index >= 15 is 0 Å². The zero-order chi connectivity index (χ0) is 22.6. The van der Waals surface area contributed by atoms with Gasteiger partial charge in [-0.05, 0) is 63.2 Å². The fraction of sp³-hybridized carbons (Fsp3) is 0.542. The largest absolute Gasteiger partial charge is 0.460 e. The molecule has 2 N–H and O–H groups in total. The highest BCUT2D eigenvalue weighted by Gasteiger charge is 2.35. The Kier molecular flexibility index (Phi) is 7.33. The second-order valence-corrected chi connectivity index (χ2v) is 10.8. The van der Waals surface area contributed by atoms with Crippen molar-refractivity contribution < 1.29 is 23.1 Å². The number of ether oxygens (including phenoxy) is 1. The number of carbonyl (C=O) groups is 1. The van der Waals surface area contributed by atoms with Crippen LogP contribution in [0.2, 0.25) is 0 Å². The molecule has 7 nitrogen and oxygen atoms in total. The number of aliphatic hydroxyl groups excluding tert-OH is 1. The summed E-state index contributed by atoms with van der Waals surface area (Å²) >= 11 is 0. The zero-order valence-corrected chi connectivity index (χ0v) is 19.1. The van der Waals surface area contributed by atoms with E-state index in [1.165, 1.54) is 4.31 Å². The van der Waals surface area contributed by atoms with Crippen molar-refractivity contribution in [1.82, 2.24) is 9.62 Å². The van der Waals surface area contributed by atoms with Crippen molar-refractivity contribution in [2.24, 2.45) is 5.92 Å². The van der Waals surface area contributed by atoms with E-state index in [4.69, 9.17) is 4.74 Å². The van der Waals surface area contributed by atoms with Crippen molar-refractivity contribution in [3.63, 3.8) is 0 Å². The highest BCUT2D eigenvalue weighted by atomic mass is 32.2. The van der Waals surface area contributed by atoms with E-state index in [2.05, 4.69) is 5.32 Å². The Labute approximate surface area is 190 Å². The maximum atomic E-state index is 13.5. The Bertz CT molecular complexity index is 980. The third-order valence-electron chi connectivity index (χ3n) is 6.48. The lowest BCUT2D eigenvalue weighted by Gasteiger charge is -2.33. The van der Waals surface area contributed by atoms with Crippen molar-refractivity contribution in [3.8, 4) is 5.75 Å². The summed E-state index contributed by atoms with van der Waals surface area (Å²) in [6.45, 7) is 0.560. The molecule has 174 valence electrons. The molecule has 1 saturated heterocycles. The number of rotatable bonds is 6. The molecule has 3 aliphatic rings. The predicted molar refractivity (Wildman–Crippen MR) is 121 cm³/mol. The van der Waals surface area contributed by atoms with Crippen LogP contribution in [0.5, 0.6) is 5.75 Å². The Morgan fingerprint density at radius 3 is 2.66 bits per heavy atom. The fourth-order valence-electron chi connectivity index (χ4n) is 4.61. The average Bonchev–Trinajstić information content (AvgIpc) is 2.81. The van der Waals surface area contributed by atoms with Crippen LogP contribution in [-0.2, 0) is 14.8 Å². The second kappa shape index (κ2) is 10.2. The summed E-state index contributed by atoms with van der Waals surface area (Å²) in [5.41, 5.74) is 0. The third-order valence-corrected chi connectivity index (χ3v) is 8.39. The first-order chi connectivity index (χ1) is 15.4. The molecular formula is C24H32N2O5S. The zero-order valence-electron chi connectivity index (χ0n) is 18.3. The fourth-order valence-corrected chi connectivity index (χ4v) is 6.25. The van der Waals surface area contributed by atoms with Crippen molar-refractivity contribution in [2.45, 2.75) is 68.4 Å². The standard InChI is InChI=1S/C24H32N2O5S/c27-20-14-12-19(13-15-20)25-24(28)18-7-6-16-26(17-18)32(29,30)23-11-5-4-10-22(23)31-21-8-2-1-3-9-21/h1-2,4-5,8,10-11,18-20,27H,3,6-7,9,12-17H2,(H,25,28)/t18-,19?,20?/m0/s1. The topological polar surface area (TPSA) is 95.9 Å². The van der Waals surface area contributed by atoms with Crippen molar-refractivity contribution >= 4 is 15.9 Å². The number of amides is 1. The smallest absolute Gasteiger partial charge is 0.246 e.